The highest BCUT2D eigenvalue weighted by molar-refractivity contribution is 7.85. The van der Waals surface area contributed by atoms with Gasteiger partial charge in [-0.1, -0.05) is 24.3 Å². The van der Waals surface area contributed by atoms with Crippen molar-refractivity contribution in [3.63, 3.8) is 0 Å². The Morgan fingerprint density at radius 3 is 2.59 bits per heavy atom. The molecule has 0 aliphatic heterocycles. The lowest BCUT2D eigenvalue weighted by Crippen LogP contribution is -2.03. The second-order valence-corrected chi connectivity index (χ2v) is 5.24. The third-order valence-corrected chi connectivity index (χ3v) is 2.78. The SMILES string of the molecule is CS(=O)(=O)OCc1ccccc1-c1ccco1. The van der Waals surface area contributed by atoms with Crippen LogP contribution in [-0.2, 0) is 20.9 Å². The Labute approximate surface area is 100.0 Å². The molecule has 0 saturated heterocycles. The molecule has 1 aromatic carbocycles. The largest absolute Gasteiger partial charge is 0.464 e. The molecule has 4 nitrogen and oxygen atoms in total. The highest BCUT2D eigenvalue weighted by Gasteiger charge is 2.09. The van der Waals surface area contributed by atoms with Crippen molar-refractivity contribution in [3.05, 3.63) is 48.2 Å². The van der Waals surface area contributed by atoms with Gasteiger partial charge < -0.3 is 4.42 Å². The van der Waals surface area contributed by atoms with Crippen LogP contribution in [0.5, 0.6) is 0 Å². The zero-order valence-electron chi connectivity index (χ0n) is 9.29. The maximum Gasteiger partial charge on any atom is 0.264 e. The van der Waals surface area contributed by atoms with Gasteiger partial charge in [-0.25, -0.2) is 0 Å². The Bertz CT molecular complexity index is 585. The Hall–Kier alpha value is -1.59. The molecule has 0 fully saturated rings. The van der Waals surface area contributed by atoms with Crippen LogP contribution in [0.3, 0.4) is 0 Å². The summed E-state index contributed by atoms with van der Waals surface area (Å²) in [5.41, 5.74) is 1.61. The van der Waals surface area contributed by atoms with E-state index in [1.54, 1.807) is 12.3 Å². The van der Waals surface area contributed by atoms with E-state index in [1.165, 1.54) is 0 Å². The standard InChI is InChI=1S/C12H12O4S/c1-17(13,14)16-9-10-5-2-3-6-11(10)12-7-4-8-15-12/h2-8H,9H2,1H3. The highest BCUT2D eigenvalue weighted by Crippen LogP contribution is 2.24. The van der Waals surface area contributed by atoms with Gasteiger partial charge in [-0.05, 0) is 17.7 Å². The predicted molar refractivity (Wildman–Crippen MR) is 63.8 cm³/mol. The van der Waals surface area contributed by atoms with Crippen LogP contribution < -0.4 is 0 Å². The van der Waals surface area contributed by atoms with Crippen LogP contribution in [0.2, 0.25) is 0 Å². The molecule has 2 rings (SSSR count). The van der Waals surface area contributed by atoms with Crippen LogP contribution in [0.15, 0.2) is 47.1 Å². The minimum Gasteiger partial charge on any atom is -0.464 e. The minimum absolute atomic E-state index is 0.00963. The minimum atomic E-state index is -3.44. The predicted octanol–water partition coefficient (Wildman–Crippen LogP) is 2.42. The number of benzene rings is 1. The van der Waals surface area contributed by atoms with E-state index in [4.69, 9.17) is 8.60 Å². The quantitative estimate of drug-likeness (QED) is 0.784. The summed E-state index contributed by atoms with van der Waals surface area (Å²) < 4.78 is 32.0. The van der Waals surface area contributed by atoms with Crippen molar-refractivity contribution in [2.24, 2.45) is 0 Å². The first-order chi connectivity index (χ1) is 8.06. The molecule has 0 saturated carbocycles. The van der Waals surface area contributed by atoms with E-state index in [9.17, 15) is 8.42 Å². The second kappa shape index (κ2) is 4.73. The smallest absolute Gasteiger partial charge is 0.264 e. The molecule has 0 N–H and O–H groups in total. The first kappa shape index (κ1) is 11.9. The third-order valence-electron chi connectivity index (χ3n) is 2.23. The molecule has 0 aliphatic carbocycles. The van der Waals surface area contributed by atoms with E-state index in [0.717, 1.165) is 17.4 Å². The second-order valence-electron chi connectivity index (χ2n) is 3.60. The first-order valence-electron chi connectivity index (χ1n) is 5.02. The van der Waals surface area contributed by atoms with Gasteiger partial charge in [-0.2, -0.15) is 8.42 Å². The average Bonchev–Trinajstić information content (AvgIpc) is 2.79. The molecule has 0 radical (unpaired) electrons. The maximum atomic E-state index is 11.0. The summed E-state index contributed by atoms with van der Waals surface area (Å²) in [7, 11) is -3.44. The zero-order valence-corrected chi connectivity index (χ0v) is 10.1. The van der Waals surface area contributed by atoms with Crippen LogP contribution in [0, 0.1) is 0 Å². The van der Waals surface area contributed by atoms with Crippen LogP contribution in [-0.4, -0.2) is 14.7 Å². The lowest BCUT2D eigenvalue weighted by Gasteiger charge is -2.06. The van der Waals surface area contributed by atoms with Crippen molar-refractivity contribution >= 4 is 10.1 Å². The molecule has 2 aromatic rings. The summed E-state index contributed by atoms with van der Waals surface area (Å²) in [5, 5.41) is 0. The fourth-order valence-corrected chi connectivity index (χ4v) is 1.83. The summed E-state index contributed by atoms with van der Waals surface area (Å²) in [6, 6.07) is 11.0. The molecule has 5 heteroatoms. The third kappa shape index (κ3) is 3.18. The molecule has 1 aromatic heterocycles. The van der Waals surface area contributed by atoms with E-state index in [-0.39, 0.29) is 6.61 Å². The van der Waals surface area contributed by atoms with Gasteiger partial charge in [0.1, 0.15) is 5.76 Å². The molecule has 1 heterocycles. The number of hydrogen-bond donors (Lipinski definition) is 0. The van der Waals surface area contributed by atoms with Crippen LogP contribution in [0.1, 0.15) is 5.56 Å². The van der Waals surface area contributed by atoms with E-state index < -0.39 is 10.1 Å². The lowest BCUT2D eigenvalue weighted by atomic mass is 10.1. The van der Waals surface area contributed by atoms with Gasteiger partial charge in [0.25, 0.3) is 10.1 Å². The highest BCUT2D eigenvalue weighted by atomic mass is 32.2. The van der Waals surface area contributed by atoms with Gasteiger partial charge in [0, 0.05) is 5.56 Å². The van der Waals surface area contributed by atoms with Crippen molar-refractivity contribution in [2.75, 3.05) is 6.26 Å². The molecule has 0 spiro atoms. The topological polar surface area (TPSA) is 56.5 Å². The Morgan fingerprint density at radius 2 is 1.94 bits per heavy atom. The van der Waals surface area contributed by atoms with Gasteiger partial charge in [-0.3, -0.25) is 4.18 Å². The summed E-state index contributed by atoms with van der Waals surface area (Å²) in [6.45, 7) is 0.00963. The number of hydrogen-bond acceptors (Lipinski definition) is 4. The molecular weight excluding hydrogens is 240 g/mol. The maximum absolute atomic E-state index is 11.0. The summed E-state index contributed by atoms with van der Waals surface area (Å²) >= 11 is 0. The summed E-state index contributed by atoms with van der Waals surface area (Å²) in [4.78, 5) is 0. The van der Waals surface area contributed by atoms with Gasteiger partial charge in [0.15, 0.2) is 0 Å². The zero-order chi connectivity index (χ0) is 12.3. The summed E-state index contributed by atoms with van der Waals surface area (Å²) in [6.07, 6.45) is 2.60. The molecule has 0 atom stereocenters. The van der Waals surface area contributed by atoms with Crippen molar-refractivity contribution < 1.29 is 17.0 Å². The molecule has 90 valence electrons. The molecule has 17 heavy (non-hydrogen) atoms. The normalized spacial score (nSPS) is 11.6. The van der Waals surface area contributed by atoms with Gasteiger partial charge >= 0.3 is 0 Å². The number of rotatable bonds is 4. The van der Waals surface area contributed by atoms with Gasteiger partial charge in [0.05, 0.1) is 19.1 Å². The van der Waals surface area contributed by atoms with E-state index in [1.807, 2.05) is 30.3 Å². The first-order valence-corrected chi connectivity index (χ1v) is 6.84. The molecular formula is C12H12O4S. The Balaban J connectivity index is 2.29. The van der Waals surface area contributed by atoms with Gasteiger partial charge in [0.2, 0.25) is 0 Å². The molecule has 0 bridgehead atoms. The van der Waals surface area contributed by atoms with E-state index in [2.05, 4.69) is 0 Å². The molecule has 0 unspecified atom stereocenters. The molecule has 0 amide bonds. The Morgan fingerprint density at radius 1 is 1.18 bits per heavy atom. The van der Waals surface area contributed by atoms with Crippen molar-refractivity contribution in [3.8, 4) is 11.3 Å². The average molecular weight is 252 g/mol. The van der Waals surface area contributed by atoms with Crippen LogP contribution in [0.4, 0.5) is 0 Å². The summed E-state index contributed by atoms with van der Waals surface area (Å²) in [5.74, 6) is 0.692. The van der Waals surface area contributed by atoms with E-state index in [0.29, 0.717) is 5.76 Å². The fraction of sp³-hybridized carbons (Fsp3) is 0.167. The monoisotopic (exact) mass is 252 g/mol. The van der Waals surface area contributed by atoms with Crippen molar-refractivity contribution in [1.29, 1.82) is 0 Å². The van der Waals surface area contributed by atoms with Crippen molar-refractivity contribution in [2.45, 2.75) is 6.61 Å². The van der Waals surface area contributed by atoms with Crippen LogP contribution in [0.25, 0.3) is 11.3 Å². The van der Waals surface area contributed by atoms with Gasteiger partial charge in [-0.15, -0.1) is 0 Å². The van der Waals surface area contributed by atoms with E-state index >= 15 is 0 Å². The number of furan rings is 1. The van der Waals surface area contributed by atoms with Crippen molar-refractivity contribution in [1.82, 2.24) is 0 Å². The van der Waals surface area contributed by atoms with Crippen LogP contribution >= 0.6 is 0 Å². The lowest BCUT2D eigenvalue weighted by molar-refractivity contribution is 0.312. The Kier molecular flexibility index (Phi) is 3.31. The molecule has 0 aliphatic rings. The fourth-order valence-electron chi connectivity index (χ4n) is 1.49.